The average Bonchev–Trinajstić information content (AvgIpc) is 2.27. The molecule has 5 atom stereocenters. The Morgan fingerprint density at radius 2 is 1.94 bits per heavy atom. The lowest BCUT2D eigenvalue weighted by Gasteiger charge is -2.42. The summed E-state index contributed by atoms with van der Waals surface area (Å²) in [5.74, 6) is -0.872. The lowest BCUT2D eigenvalue weighted by molar-refractivity contribution is -0.266. The van der Waals surface area contributed by atoms with Gasteiger partial charge in [-0.15, -0.1) is 0 Å². The second-order valence-corrected chi connectivity index (χ2v) is 4.24. The summed E-state index contributed by atoms with van der Waals surface area (Å²) in [6.45, 7) is 4.21. The number of carbonyl (C=O) groups excluding carboxylic acids is 2. The molecule has 0 aromatic carbocycles. The molecule has 0 aliphatic carbocycles. The number of methoxy groups -OCH3 is 1. The Labute approximate surface area is 105 Å². The molecule has 1 saturated heterocycles. The minimum absolute atomic E-state index is 0.333. The van der Waals surface area contributed by atoms with Crippen LogP contribution in [0.2, 0.25) is 0 Å². The second kappa shape index (κ2) is 6.12. The Bertz CT molecular complexity index is 305. The van der Waals surface area contributed by atoms with Crippen molar-refractivity contribution in [2.24, 2.45) is 0 Å². The van der Waals surface area contributed by atoms with Crippen LogP contribution in [0.5, 0.6) is 0 Å². The van der Waals surface area contributed by atoms with Crippen LogP contribution in [0, 0.1) is 0 Å². The zero-order valence-electron chi connectivity index (χ0n) is 10.9. The summed E-state index contributed by atoms with van der Waals surface area (Å²) < 4.78 is 15.5. The van der Waals surface area contributed by atoms with E-state index in [9.17, 15) is 14.7 Å². The number of carbonyl (C=O) groups is 2. The third-order valence-electron chi connectivity index (χ3n) is 2.72. The summed E-state index contributed by atoms with van der Waals surface area (Å²) in [5.41, 5.74) is 0. The Morgan fingerprint density at radius 3 is 2.39 bits per heavy atom. The number of esters is 1. The molecule has 7 heteroatoms. The summed E-state index contributed by atoms with van der Waals surface area (Å²) in [6, 6.07) is -0.764. The van der Waals surface area contributed by atoms with Crippen molar-refractivity contribution in [3.63, 3.8) is 0 Å². The zero-order chi connectivity index (χ0) is 13.9. The lowest BCUT2D eigenvalue weighted by Crippen LogP contribution is -2.64. The van der Waals surface area contributed by atoms with Crippen molar-refractivity contribution in [2.45, 2.75) is 51.4 Å². The highest BCUT2D eigenvalue weighted by Gasteiger charge is 2.46. The fourth-order valence-electron chi connectivity index (χ4n) is 1.94. The van der Waals surface area contributed by atoms with Crippen LogP contribution in [0.1, 0.15) is 20.8 Å². The van der Waals surface area contributed by atoms with E-state index in [1.807, 2.05) is 0 Å². The van der Waals surface area contributed by atoms with Crippen LogP contribution in [0.4, 0.5) is 0 Å². The van der Waals surface area contributed by atoms with E-state index >= 15 is 0 Å². The van der Waals surface area contributed by atoms with Crippen LogP contribution in [0.25, 0.3) is 0 Å². The van der Waals surface area contributed by atoms with E-state index in [4.69, 9.17) is 14.2 Å². The van der Waals surface area contributed by atoms with Crippen LogP contribution < -0.4 is 5.32 Å². The number of hydrogen-bond acceptors (Lipinski definition) is 6. The molecule has 0 saturated carbocycles. The minimum Gasteiger partial charge on any atom is -0.455 e. The van der Waals surface area contributed by atoms with Crippen molar-refractivity contribution < 1.29 is 28.9 Å². The van der Waals surface area contributed by atoms with Gasteiger partial charge in [0.2, 0.25) is 5.91 Å². The van der Waals surface area contributed by atoms with E-state index in [0.717, 1.165) is 0 Å². The van der Waals surface area contributed by atoms with Gasteiger partial charge in [-0.2, -0.15) is 0 Å². The Morgan fingerprint density at radius 1 is 1.33 bits per heavy atom. The van der Waals surface area contributed by atoms with Gasteiger partial charge in [-0.1, -0.05) is 0 Å². The molecule has 0 aromatic rings. The normalized spacial score (nSPS) is 35.9. The van der Waals surface area contributed by atoms with Crippen LogP contribution >= 0.6 is 0 Å². The number of aliphatic hydroxyl groups excluding tert-OH is 1. The molecule has 2 N–H and O–H groups in total. The van der Waals surface area contributed by atoms with E-state index in [1.165, 1.54) is 21.0 Å². The number of hydrogen-bond donors (Lipinski definition) is 2. The summed E-state index contributed by atoms with van der Waals surface area (Å²) in [5, 5.41) is 12.6. The predicted octanol–water partition coefficient (Wildman–Crippen LogP) is -0.825. The third-order valence-corrected chi connectivity index (χ3v) is 2.72. The maximum atomic E-state index is 11.1. The first kappa shape index (κ1) is 14.9. The first-order valence-electron chi connectivity index (χ1n) is 5.67. The highest BCUT2D eigenvalue weighted by Crippen LogP contribution is 2.24. The molecule has 18 heavy (non-hydrogen) atoms. The van der Waals surface area contributed by atoms with Gasteiger partial charge in [0.15, 0.2) is 12.4 Å². The highest BCUT2D eigenvalue weighted by molar-refractivity contribution is 5.73. The molecule has 1 rings (SSSR count). The SMILES string of the molecule is COC1OC(C)C(O)C(NC(C)=O)C1OC(C)=O. The average molecular weight is 261 g/mol. The van der Waals surface area contributed by atoms with Gasteiger partial charge in [0.25, 0.3) is 0 Å². The van der Waals surface area contributed by atoms with Gasteiger partial charge in [0, 0.05) is 21.0 Å². The number of rotatable bonds is 3. The zero-order valence-corrected chi connectivity index (χ0v) is 10.9. The van der Waals surface area contributed by atoms with E-state index < -0.39 is 36.6 Å². The molecule has 7 nitrogen and oxygen atoms in total. The first-order chi connectivity index (χ1) is 8.36. The maximum absolute atomic E-state index is 11.1. The third kappa shape index (κ3) is 3.41. The van der Waals surface area contributed by atoms with E-state index in [-0.39, 0.29) is 5.91 Å². The summed E-state index contributed by atoms with van der Waals surface area (Å²) in [7, 11) is 1.40. The highest BCUT2D eigenvalue weighted by atomic mass is 16.7. The van der Waals surface area contributed by atoms with Crippen molar-refractivity contribution >= 4 is 11.9 Å². The smallest absolute Gasteiger partial charge is 0.303 e. The molecule has 104 valence electrons. The number of nitrogens with one attached hydrogen (secondary N) is 1. The number of amides is 1. The molecule has 1 heterocycles. The first-order valence-corrected chi connectivity index (χ1v) is 5.67. The maximum Gasteiger partial charge on any atom is 0.303 e. The molecule has 5 unspecified atom stereocenters. The summed E-state index contributed by atoms with van der Waals surface area (Å²) in [4.78, 5) is 22.2. The quantitative estimate of drug-likeness (QED) is 0.644. The fraction of sp³-hybridized carbons (Fsp3) is 0.818. The van der Waals surface area contributed by atoms with Gasteiger partial charge in [-0.05, 0) is 6.92 Å². The van der Waals surface area contributed by atoms with Crippen molar-refractivity contribution in [1.82, 2.24) is 5.32 Å². The topological polar surface area (TPSA) is 94.1 Å². The molecule has 0 spiro atoms. The van der Waals surface area contributed by atoms with Crippen LogP contribution in [-0.2, 0) is 23.8 Å². The van der Waals surface area contributed by atoms with Gasteiger partial charge in [-0.3, -0.25) is 9.59 Å². The van der Waals surface area contributed by atoms with Crippen molar-refractivity contribution in [2.75, 3.05) is 7.11 Å². The molecule has 0 bridgehead atoms. The van der Waals surface area contributed by atoms with E-state index in [0.29, 0.717) is 0 Å². The van der Waals surface area contributed by atoms with Gasteiger partial charge in [0.1, 0.15) is 6.10 Å². The molecule has 1 aliphatic rings. The molecule has 1 amide bonds. The van der Waals surface area contributed by atoms with Gasteiger partial charge in [-0.25, -0.2) is 0 Å². The fourth-order valence-corrected chi connectivity index (χ4v) is 1.94. The van der Waals surface area contributed by atoms with Crippen LogP contribution in [0.15, 0.2) is 0 Å². The molecule has 1 aliphatic heterocycles. The molecule has 0 aromatic heterocycles. The minimum atomic E-state index is -0.982. The van der Waals surface area contributed by atoms with E-state index in [2.05, 4.69) is 5.32 Å². The predicted molar refractivity (Wildman–Crippen MR) is 60.5 cm³/mol. The van der Waals surface area contributed by atoms with Gasteiger partial charge in [0.05, 0.1) is 12.1 Å². The standard InChI is InChI=1S/C11H19NO6/c1-5-9(15)8(12-6(2)13)10(18-7(3)14)11(16-4)17-5/h5,8-11,15H,1-4H3,(H,12,13). The van der Waals surface area contributed by atoms with Crippen LogP contribution in [0.3, 0.4) is 0 Å². The molecular formula is C11H19NO6. The number of ether oxygens (including phenoxy) is 3. The Kier molecular flexibility index (Phi) is 5.06. The summed E-state index contributed by atoms with van der Waals surface area (Å²) in [6.07, 6.45) is -3.24. The number of aliphatic hydroxyl groups is 1. The van der Waals surface area contributed by atoms with Crippen molar-refractivity contribution in [3.8, 4) is 0 Å². The Hall–Kier alpha value is -1.18. The van der Waals surface area contributed by atoms with E-state index in [1.54, 1.807) is 6.92 Å². The van der Waals surface area contributed by atoms with Crippen molar-refractivity contribution in [3.05, 3.63) is 0 Å². The monoisotopic (exact) mass is 261 g/mol. The Balaban J connectivity index is 2.92. The van der Waals surface area contributed by atoms with Gasteiger partial charge >= 0.3 is 5.97 Å². The lowest BCUT2D eigenvalue weighted by atomic mass is 9.96. The van der Waals surface area contributed by atoms with Crippen LogP contribution in [-0.4, -0.2) is 54.7 Å². The van der Waals surface area contributed by atoms with Gasteiger partial charge < -0.3 is 24.6 Å². The molecule has 1 fully saturated rings. The van der Waals surface area contributed by atoms with Crippen molar-refractivity contribution in [1.29, 1.82) is 0 Å². The second-order valence-electron chi connectivity index (χ2n) is 4.24. The molecule has 0 radical (unpaired) electrons. The summed E-state index contributed by atoms with van der Waals surface area (Å²) >= 11 is 0. The largest absolute Gasteiger partial charge is 0.455 e. The molecular weight excluding hydrogens is 242 g/mol.